The number of aliphatic hydroxyl groups is 1. The van der Waals surface area contributed by atoms with Crippen molar-refractivity contribution in [3.05, 3.63) is 170 Å². The zero-order valence-corrected chi connectivity index (χ0v) is 43.0. The van der Waals surface area contributed by atoms with Gasteiger partial charge in [-0.25, -0.2) is 0 Å². The number of carbonyl (C=O) groups excluding carboxylic acids is 2. The highest BCUT2D eigenvalue weighted by molar-refractivity contribution is 5.70. The molecular formula is C63H96O5. The Hall–Kier alpha value is -4.74. The summed E-state index contributed by atoms with van der Waals surface area (Å²) in [7, 11) is 0. The first-order chi connectivity index (χ1) is 33.6. The first-order valence-corrected chi connectivity index (χ1v) is 26.7. The summed E-state index contributed by atoms with van der Waals surface area (Å²) < 4.78 is 10.6. The molecule has 0 saturated heterocycles. The van der Waals surface area contributed by atoms with Crippen LogP contribution in [0.5, 0.6) is 0 Å². The lowest BCUT2D eigenvalue weighted by molar-refractivity contribution is -0.161. The smallest absolute Gasteiger partial charge is 0.306 e. The van der Waals surface area contributed by atoms with Crippen molar-refractivity contribution in [3.8, 4) is 0 Å². The minimum atomic E-state index is -0.808. The Morgan fingerprint density at radius 1 is 0.338 bits per heavy atom. The van der Waals surface area contributed by atoms with Crippen molar-refractivity contribution < 1.29 is 24.2 Å². The number of ether oxygens (including phenoxy) is 2. The monoisotopic (exact) mass is 933 g/mol. The van der Waals surface area contributed by atoms with E-state index in [0.717, 1.165) is 141 Å². The molecule has 0 rings (SSSR count). The number of aliphatic hydroxyl groups excluding tert-OH is 1. The summed E-state index contributed by atoms with van der Waals surface area (Å²) >= 11 is 0. The summed E-state index contributed by atoms with van der Waals surface area (Å²) in [6.45, 7) is 3.86. The van der Waals surface area contributed by atoms with Crippen LogP contribution in [0.25, 0.3) is 0 Å². The van der Waals surface area contributed by atoms with Gasteiger partial charge >= 0.3 is 11.9 Å². The summed E-state index contributed by atoms with van der Waals surface area (Å²) in [4.78, 5) is 24.4. The number of hydrogen-bond acceptors (Lipinski definition) is 5. The number of esters is 2. The average Bonchev–Trinajstić information content (AvgIpc) is 3.34. The first kappa shape index (κ1) is 63.3. The van der Waals surface area contributed by atoms with E-state index in [1.54, 1.807) is 0 Å². The van der Waals surface area contributed by atoms with Gasteiger partial charge in [0.25, 0.3) is 0 Å². The quantitative estimate of drug-likeness (QED) is 0.0374. The molecule has 378 valence electrons. The van der Waals surface area contributed by atoms with Gasteiger partial charge in [-0.1, -0.05) is 223 Å². The van der Waals surface area contributed by atoms with E-state index < -0.39 is 6.10 Å². The second-order valence-corrected chi connectivity index (χ2v) is 16.8. The minimum Gasteiger partial charge on any atom is -0.462 e. The van der Waals surface area contributed by atoms with Gasteiger partial charge in [0.15, 0.2) is 6.10 Å². The maximum absolute atomic E-state index is 12.3. The molecular weight excluding hydrogens is 837 g/mol. The second-order valence-electron chi connectivity index (χ2n) is 16.8. The van der Waals surface area contributed by atoms with E-state index in [-0.39, 0.29) is 25.2 Å². The van der Waals surface area contributed by atoms with Crippen molar-refractivity contribution >= 4 is 11.9 Å². The van der Waals surface area contributed by atoms with Crippen LogP contribution in [-0.4, -0.2) is 36.4 Å². The van der Waals surface area contributed by atoms with Gasteiger partial charge in [0.05, 0.1) is 6.61 Å². The van der Waals surface area contributed by atoms with Crippen LogP contribution in [0.1, 0.15) is 194 Å². The van der Waals surface area contributed by atoms with Gasteiger partial charge in [-0.15, -0.1) is 0 Å². The summed E-state index contributed by atoms with van der Waals surface area (Å²) in [5.74, 6) is -0.656. The fraction of sp³-hybridized carbons (Fsp3) is 0.524. The molecule has 0 aliphatic rings. The number of unbranched alkanes of at least 4 members (excludes halogenated alkanes) is 10. The standard InChI is InChI=1S/C63H96O5/c1-3-5-7-9-11-13-15-17-19-21-22-23-24-25-26-27-28-29-30-31-32-33-34-35-36-37-38-39-40-42-44-46-48-50-52-54-56-58-63(66)68-61(59-64)60-67-62(65)57-55-53-51-49-47-45-43-41-20-18-16-14-12-10-8-6-4-2/h5-8,11-14,17-20,22-23,25-26,28-29,31-32,34-35,37-38,40,42,46,48,61,64H,3-4,9-10,15-16,21,24,27,30,33,36,39,41,43-45,47,49-60H2,1-2H3/b7-5-,8-6-,13-11-,14-12-,19-17-,20-18-,23-22-,26-25-,29-28-,32-31-,35-34-,38-37-,42-40-,48-46-. The summed E-state index contributed by atoms with van der Waals surface area (Å²) in [5, 5.41) is 9.62. The van der Waals surface area contributed by atoms with Gasteiger partial charge in [0.2, 0.25) is 0 Å². The lowest BCUT2D eigenvalue weighted by Crippen LogP contribution is -2.28. The molecule has 0 bridgehead atoms. The Labute approximate surface area is 417 Å². The number of rotatable bonds is 46. The van der Waals surface area contributed by atoms with E-state index in [4.69, 9.17) is 9.47 Å². The van der Waals surface area contributed by atoms with Crippen LogP contribution in [0.2, 0.25) is 0 Å². The summed E-state index contributed by atoms with van der Waals surface area (Å²) in [5.41, 5.74) is 0. The highest BCUT2D eigenvalue weighted by Gasteiger charge is 2.16. The van der Waals surface area contributed by atoms with Crippen LogP contribution in [0.3, 0.4) is 0 Å². The van der Waals surface area contributed by atoms with Gasteiger partial charge in [-0.05, 0) is 128 Å². The van der Waals surface area contributed by atoms with Crippen LogP contribution < -0.4 is 0 Å². The second kappa shape index (κ2) is 56.6. The Kier molecular flexibility index (Phi) is 52.6. The molecule has 0 amide bonds. The van der Waals surface area contributed by atoms with Crippen LogP contribution in [0, 0.1) is 0 Å². The molecule has 1 unspecified atom stereocenters. The molecule has 0 radical (unpaired) electrons. The van der Waals surface area contributed by atoms with E-state index in [0.29, 0.717) is 12.8 Å². The molecule has 5 heteroatoms. The minimum absolute atomic E-state index is 0.0965. The van der Waals surface area contributed by atoms with Crippen molar-refractivity contribution in [2.24, 2.45) is 0 Å². The zero-order chi connectivity index (χ0) is 49.2. The molecule has 0 spiro atoms. The molecule has 1 atom stereocenters. The summed E-state index contributed by atoms with van der Waals surface area (Å²) in [6.07, 6.45) is 88.8. The van der Waals surface area contributed by atoms with Crippen LogP contribution >= 0.6 is 0 Å². The van der Waals surface area contributed by atoms with E-state index in [2.05, 4.69) is 184 Å². The molecule has 5 nitrogen and oxygen atoms in total. The molecule has 0 heterocycles. The topological polar surface area (TPSA) is 72.8 Å². The zero-order valence-electron chi connectivity index (χ0n) is 43.0. The third-order valence-electron chi connectivity index (χ3n) is 10.5. The molecule has 0 aliphatic heterocycles. The Bertz CT molecular complexity index is 1570. The lowest BCUT2D eigenvalue weighted by atomic mass is 10.1. The van der Waals surface area contributed by atoms with Crippen molar-refractivity contribution in [1.29, 1.82) is 0 Å². The number of allylic oxidation sites excluding steroid dienone is 28. The van der Waals surface area contributed by atoms with E-state index >= 15 is 0 Å². The maximum Gasteiger partial charge on any atom is 0.306 e. The van der Waals surface area contributed by atoms with Crippen LogP contribution in [0.15, 0.2) is 170 Å². The summed E-state index contributed by atoms with van der Waals surface area (Å²) in [6, 6.07) is 0. The predicted molar refractivity (Wildman–Crippen MR) is 297 cm³/mol. The van der Waals surface area contributed by atoms with Crippen molar-refractivity contribution in [3.63, 3.8) is 0 Å². The van der Waals surface area contributed by atoms with E-state index in [9.17, 15) is 14.7 Å². The number of carbonyl (C=O) groups is 2. The SMILES string of the molecule is CC/C=C\C/C=C\C/C=C\C/C=C\C/C=C\C/C=C\C/C=C\C/C=C\C/C=C\C/C=C\C/C=C\CCCCCC(=O)OC(CO)COC(=O)CCCCCCCCC/C=C\C/C=C\C/C=C\CC. The van der Waals surface area contributed by atoms with Gasteiger partial charge in [-0.2, -0.15) is 0 Å². The van der Waals surface area contributed by atoms with Crippen LogP contribution in [-0.2, 0) is 19.1 Å². The molecule has 0 aromatic rings. The Balaban J connectivity index is 3.71. The van der Waals surface area contributed by atoms with E-state index in [1.807, 2.05) is 0 Å². The normalized spacial score (nSPS) is 13.6. The van der Waals surface area contributed by atoms with Gasteiger partial charge in [-0.3, -0.25) is 9.59 Å². The van der Waals surface area contributed by atoms with Crippen molar-refractivity contribution in [2.45, 2.75) is 200 Å². The van der Waals surface area contributed by atoms with Crippen LogP contribution in [0.4, 0.5) is 0 Å². The molecule has 1 N–H and O–H groups in total. The first-order valence-electron chi connectivity index (χ1n) is 26.7. The lowest BCUT2D eigenvalue weighted by Gasteiger charge is -2.15. The Morgan fingerprint density at radius 2 is 0.588 bits per heavy atom. The third-order valence-corrected chi connectivity index (χ3v) is 10.5. The highest BCUT2D eigenvalue weighted by atomic mass is 16.6. The Morgan fingerprint density at radius 3 is 0.897 bits per heavy atom. The third kappa shape index (κ3) is 53.9. The molecule has 0 aromatic carbocycles. The fourth-order valence-corrected chi connectivity index (χ4v) is 6.57. The highest BCUT2D eigenvalue weighted by Crippen LogP contribution is 2.12. The van der Waals surface area contributed by atoms with Gasteiger partial charge in [0, 0.05) is 12.8 Å². The van der Waals surface area contributed by atoms with Crippen molar-refractivity contribution in [2.75, 3.05) is 13.2 Å². The molecule has 0 fully saturated rings. The molecule has 0 aromatic heterocycles. The largest absolute Gasteiger partial charge is 0.462 e. The fourth-order valence-electron chi connectivity index (χ4n) is 6.57. The van der Waals surface area contributed by atoms with Crippen molar-refractivity contribution in [1.82, 2.24) is 0 Å². The van der Waals surface area contributed by atoms with Gasteiger partial charge < -0.3 is 14.6 Å². The average molecular weight is 933 g/mol. The van der Waals surface area contributed by atoms with E-state index in [1.165, 1.54) is 25.7 Å². The molecule has 68 heavy (non-hydrogen) atoms. The number of hydrogen-bond donors (Lipinski definition) is 1. The maximum atomic E-state index is 12.3. The molecule has 0 saturated carbocycles. The predicted octanol–water partition coefficient (Wildman–Crippen LogP) is 18.2. The molecule has 0 aliphatic carbocycles. The van der Waals surface area contributed by atoms with Gasteiger partial charge in [0.1, 0.15) is 6.61 Å².